The number of benzene rings is 2. The van der Waals surface area contributed by atoms with Crippen LogP contribution in [0.3, 0.4) is 0 Å². The fourth-order valence-electron chi connectivity index (χ4n) is 3.84. The van der Waals surface area contributed by atoms with E-state index in [4.69, 9.17) is 9.15 Å². The number of hydrogen-bond acceptors (Lipinski definition) is 6. The number of rotatable bonds is 4. The average molecular weight is 437 g/mol. The largest absolute Gasteiger partial charge is 0.456 e. The van der Waals surface area contributed by atoms with E-state index in [1.165, 1.54) is 6.07 Å². The fourth-order valence-corrected chi connectivity index (χ4v) is 3.84. The average Bonchev–Trinajstić information content (AvgIpc) is 3.16. The molecule has 1 aromatic heterocycles. The summed E-state index contributed by atoms with van der Waals surface area (Å²) < 4.78 is 11.4. The van der Waals surface area contributed by atoms with E-state index >= 15 is 0 Å². The summed E-state index contributed by atoms with van der Waals surface area (Å²) in [7, 11) is 0. The molecule has 1 aliphatic heterocycles. The van der Waals surface area contributed by atoms with Gasteiger partial charge in [-0.3, -0.25) is 15.0 Å². The summed E-state index contributed by atoms with van der Waals surface area (Å²) in [5.74, 6) is 0.482. The predicted octanol–water partition coefficient (Wildman–Crippen LogP) is 5.06. The first-order valence-corrected chi connectivity index (χ1v) is 10.7. The summed E-state index contributed by atoms with van der Waals surface area (Å²) >= 11 is 0. The molecule has 0 unspecified atom stereocenters. The first kappa shape index (κ1) is 21.8. The summed E-state index contributed by atoms with van der Waals surface area (Å²) in [5.41, 5.74) is 1.81. The first-order valence-electron chi connectivity index (χ1n) is 10.7. The molecule has 0 bridgehead atoms. The molecule has 1 saturated heterocycles. The lowest BCUT2D eigenvalue weighted by atomic mass is 10.1. The highest BCUT2D eigenvalue weighted by Crippen LogP contribution is 2.34. The minimum Gasteiger partial charge on any atom is -0.456 e. The highest BCUT2D eigenvalue weighted by Gasteiger charge is 2.26. The number of carbonyl (C=O) groups is 1. The van der Waals surface area contributed by atoms with Crippen molar-refractivity contribution in [2.24, 2.45) is 0 Å². The number of nitro groups is 1. The summed E-state index contributed by atoms with van der Waals surface area (Å²) in [6, 6.07) is 14.4. The molecule has 1 fully saturated rings. The van der Waals surface area contributed by atoms with Crippen molar-refractivity contribution in [3.63, 3.8) is 0 Å². The number of ether oxygens (including phenoxy) is 1. The van der Waals surface area contributed by atoms with Gasteiger partial charge in [0.2, 0.25) is 0 Å². The molecule has 0 saturated carbocycles. The molecule has 8 nitrogen and oxygen atoms in total. The zero-order chi connectivity index (χ0) is 22.9. The van der Waals surface area contributed by atoms with Crippen LogP contribution in [0.25, 0.3) is 22.3 Å². The van der Waals surface area contributed by atoms with Gasteiger partial charge in [0.05, 0.1) is 10.5 Å². The Kier molecular flexibility index (Phi) is 5.88. The van der Waals surface area contributed by atoms with Crippen molar-refractivity contribution in [1.82, 2.24) is 9.80 Å². The third kappa shape index (κ3) is 4.91. The van der Waals surface area contributed by atoms with Crippen LogP contribution in [0, 0.1) is 10.1 Å². The van der Waals surface area contributed by atoms with E-state index < -0.39 is 10.5 Å². The molecule has 3 aromatic rings. The standard InChI is InChI=1S/C24H27N3O5/c1-24(2,3)32-23(28)26-12-10-25(11-13-26)16-17-8-9-21-18(14-17)15-22(31-21)19-6-4-5-7-20(19)27(29)30/h4-9,14-15H,10-13,16H2,1-3H3. The molecule has 168 valence electrons. The topological polar surface area (TPSA) is 89.1 Å². The number of nitrogens with zero attached hydrogens (tertiary/aromatic N) is 3. The maximum Gasteiger partial charge on any atom is 0.410 e. The molecule has 2 aromatic carbocycles. The highest BCUT2D eigenvalue weighted by atomic mass is 16.6. The minimum absolute atomic E-state index is 0.0228. The van der Waals surface area contributed by atoms with Gasteiger partial charge in [0.25, 0.3) is 5.69 Å². The van der Waals surface area contributed by atoms with Gasteiger partial charge in [-0.25, -0.2) is 4.79 Å². The van der Waals surface area contributed by atoms with Crippen molar-refractivity contribution in [3.8, 4) is 11.3 Å². The molecule has 0 spiro atoms. The normalized spacial score (nSPS) is 15.2. The van der Waals surface area contributed by atoms with Gasteiger partial charge in [0.1, 0.15) is 16.9 Å². The third-order valence-corrected chi connectivity index (χ3v) is 5.38. The second-order valence-electron chi connectivity index (χ2n) is 9.00. The van der Waals surface area contributed by atoms with Crippen LogP contribution in [0.2, 0.25) is 0 Å². The van der Waals surface area contributed by atoms with Crippen LogP contribution in [0.15, 0.2) is 52.9 Å². The molecular weight excluding hydrogens is 410 g/mol. The Morgan fingerprint density at radius 2 is 1.81 bits per heavy atom. The second kappa shape index (κ2) is 8.63. The van der Waals surface area contributed by atoms with Crippen molar-refractivity contribution in [1.29, 1.82) is 0 Å². The molecule has 1 amide bonds. The number of amides is 1. The second-order valence-corrected chi connectivity index (χ2v) is 9.00. The Labute approximate surface area is 186 Å². The van der Waals surface area contributed by atoms with Crippen molar-refractivity contribution in [2.45, 2.75) is 32.9 Å². The van der Waals surface area contributed by atoms with Crippen LogP contribution in [0.4, 0.5) is 10.5 Å². The number of furan rings is 1. The molecule has 2 heterocycles. The fraction of sp³-hybridized carbons (Fsp3) is 0.375. The van der Waals surface area contributed by atoms with Crippen LogP contribution in [0.5, 0.6) is 0 Å². The van der Waals surface area contributed by atoms with Gasteiger partial charge in [0, 0.05) is 44.2 Å². The van der Waals surface area contributed by atoms with E-state index in [-0.39, 0.29) is 11.8 Å². The zero-order valence-electron chi connectivity index (χ0n) is 18.5. The first-order chi connectivity index (χ1) is 15.2. The van der Waals surface area contributed by atoms with Gasteiger partial charge in [-0.15, -0.1) is 0 Å². The molecule has 0 aliphatic carbocycles. The van der Waals surface area contributed by atoms with Crippen LogP contribution in [0.1, 0.15) is 26.3 Å². The maximum atomic E-state index is 12.2. The van der Waals surface area contributed by atoms with E-state index in [1.54, 1.807) is 23.1 Å². The predicted molar refractivity (Wildman–Crippen MR) is 121 cm³/mol. The number of piperazine rings is 1. The van der Waals surface area contributed by atoms with E-state index in [1.807, 2.05) is 39.0 Å². The number of para-hydroxylation sites is 1. The molecule has 0 radical (unpaired) electrons. The molecule has 8 heteroatoms. The number of fused-ring (bicyclic) bond motifs is 1. The van der Waals surface area contributed by atoms with Gasteiger partial charge in [-0.2, -0.15) is 0 Å². The van der Waals surface area contributed by atoms with E-state index in [0.29, 0.717) is 30.0 Å². The number of carbonyl (C=O) groups excluding carboxylic acids is 1. The van der Waals surface area contributed by atoms with Crippen molar-refractivity contribution >= 4 is 22.7 Å². The quantitative estimate of drug-likeness (QED) is 0.419. The SMILES string of the molecule is CC(C)(C)OC(=O)N1CCN(Cc2ccc3oc(-c4ccccc4[N+](=O)[O-])cc3c2)CC1. The van der Waals surface area contributed by atoms with Gasteiger partial charge < -0.3 is 14.1 Å². The van der Waals surface area contributed by atoms with Crippen molar-refractivity contribution in [3.05, 3.63) is 64.2 Å². The van der Waals surface area contributed by atoms with Gasteiger partial charge in [-0.05, 0) is 50.6 Å². The Balaban J connectivity index is 1.44. The lowest BCUT2D eigenvalue weighted by Crippen LogP contribution is -2.49. The van der Waals surface area contributed by atoms with E-state index in [0.717, 1.165) is 30.6 Å². The molecule has 0 atom stereocenters. The van der Waals surface area contributed by atoms with Gasteiger partial charge >= 0.3 is 6.09 Å². The molecule has 0 N–H and O–H groups in total. The highest BCUT2D eigenvalue weighted by molar-refractivity contribution is 5.85. The maximum absolute atomic E-state index is 12.2. The summed E-state index contributed by atoms with van der Waals surface area (Å²) in [4.78, 5) is 27.2. The van der Waals surface area contributed by atoms with Gasteiger partial charge in [0.15, 0.2) is 0 Å². The van der Waals surface area contributed by atoms with E-state index in [9.17, 15) is 14.9 Å². The Morgan fingerprint density at radius 1 is 1.09 bits per heavy atom. The van der Waals surface area contributed by atoms with Crippen molar-refractivity contribution < 1.29 is 18.9 Å². The smallest absolute Gasteiger partial charge is 0.410 e. The van der Waals surface area contributed by atoms with Crippen LogP contribution in [-0.2, 0) is 11.3 Å². The van der Waals surface area contributed by atoms with Gasteiger partial charge in [-0.1, -0.05) is 18.2 Å². The van der Waals surface area contributed by atoms with Crippen LogP contribution < -0.4 is 0 Å². The molecule has 4 rings (SSSR count). The molecular formula is C24H27N3O5. The number of hydrogen-bond donors (Lipinski definition) is 0. The monoisotopic (exact) mass is 437 g/mol. The lowest BCUT2D eigenvalue weighted by molar-refractivity contribution is -0.384. The minimum atomic E-state index is -0.493. The van der Waals surface area contributed by atoms with E-state index in [2.05, 4.69) is 11.0 Å². The van der Waals surface area contributed by atoms with Crippen molar-refractivity contribution in [2.75, 3.05) is 26.2 Å². The Bertz CT molecular complexity index is 1140. The van der Waals surface area contributed by atoms with Crippen LogP contribution in [-0.4, -0.2) is 52.6 Å². The summed E-state index contributed by atoms with van der Waals surface area (Å²) in [5, 5.41) is 12.3. The molecule has 1 aliphatic rings. The Morgan fingerprint density at radius 3 is 2.50 bits per heavy atom. The summed E-state index contributed by atoms with van der Waals surface area (Å²) in [6.45, 7) is 9.16. The third-order valence-electron chi connectivity index (χ3n) is 5.38. The molecule has 32 heavy (non-hydrogen) atoms. The zero-order valence-corrected chi connectivity index (χ0v) is 18.5. The number of nitro benzene ring substituents is 1. The lowest BCUT2D eigenvalue weighted by Gasteiger charge is -2.35. The summed E-state index contributed by atoms with van der Waals surface area (Å²) in [6.07, 6.45) is -0.264. The Hall–Kier alpha value is -3.39. The van der Waals surface area contributed by atoms with Crippen LogP contribution >= 0.6 is 0 Å².